The summed E-state index contributed by atoms with van der Waals surface area (Å²) in [6.45, 7) is 5.16. The fourth-order valence-electron chi connectivity index (χ4n) is 2.71. The van der Waals surface area contributed by atoms with Gasteiger partial charge in [-0.1, -0.05) is 17.7 Å². The van der Waals surface area contributed by atoms with Crippen molar-refractivity contribution in [2.45, 2.75) is 45.6 Å². The van der Waals surface area contributed by atoms with E-state index in [2.05, 4.69) is 0 Å². The van der Waals surface area contributed by atoms with Gasteiger partial charge in [-0.25, -0.2) is 22.9 Å². The number of benzene rings is 1. The monoisotopic (exact) mass is 377 g/mol. The Morgan fingerprint density at radius 1 is 1.40 bits per heavy atom. The number of rotatable bonds is 3. The second-order valence-electron chi connectivity index (χ2n) is 6.89. The summed E-state index contributed by atoms with van der Waals surface area (Å²) >= 11 is 5.56. The Labute approximate surface area is 148 Å². The molecule has 1 aliphatic rings. The molecule has 0 radical (unpaired) electrons. The van der Waals surface area contributed by atoms with E-state index >= 15 is 0 Å². The van der Waals surface area contributed by atoms with Crippen molar-refractivity contribution in [3.63, 3.8) is 0 Å². The Morgan fingerprint density at radius 3 is 2.60 bits per heavy atom. The van der Waals surface area contributed by atoms with Gasteiger partial charge in [-0.3, -0.25) is 4.79 Å². The van der Waals surface area contributed by atoms with E-state index in [0.717, 1.165) is 4.90 Å². The molecule has 1 aliphatic heterocycles. The number of nitrogens with zero attached hydrogens (tertiary/aromatic N) is 1. The van der Waals surface area contributed by atoms with Crippen molar-refractivity contribution < 1.29 is 27.5 Å². The largest absolute Gasteiger partial charge is 0.443 e. The maximum absolute atomic E-state index is 13.9. The lowest BCUT2D eigenvalue weighted by Gasteiger charge is -2.23. The van der Waals surface area contributed by atoms with Crippen molar-refractivity contribution in [2.24, 2.45) is 5.92 Å². The number of carbonyl (C=O) groups excluding carboxylic acids is 2. The first-order valence-corrected chi connectivity index (χ1v) is 8.18. The van der Waals surface area contributed by atoms with Crippen LogP contribution >= 0.6 is 11.6 Å². The summed E-state index contributed by atoms with van der Waals surface area (Å²) in [4.78, 5) is 25.4. The molecular formula is C17H19ClF3NO3. The van der Waals surface area contributed by atoms with E-state index in [1.165, 1.54) is 12.1 Å². The van der Waals surface area contributed by atoms with Gasteiger partial charge >= 0.3 is 6.09 Å². The lowest BCUT2D eigenvalue weighted by molar-refractivity contribution is -0.130. The van der Waals surface area contributed by atoms with Crippen molar-refractivity contribution in [2.75, 3.05) is 6.54 Å². The van der Waals surface area contributed by atoms with Crippen LogP contribution in [0.2, 0.25) is 5.02 Å². The first-order chi connectivity index (χ1) is 11.5. The quantitative estimate of drug-likeness (QED) is 0.764. The molecule has 2 rings (SSSR count). The summed E-state index contributed by atoms with van der Waals surface area (Å²) in [7, 11) is 0. The Morgan fingerprint density at radius 2 is 2.04 bits per heavy atom. The van der Waals surface area contributed by atoms with Crippen molar-refractivity contribution in [3.05, 3.63) is 34.1 Å². The summed E-state index contributed by atoms with van der Waals surface area (Å²) in [6.07, 6.45) is -3.61. The Hall–Kier alpha value is -1.76. The molecule has 0 aromatic heterocycles. The van der Waals surface area contributed by atoms with Crippen LogP contribution in [0.5, 0.6) is 0 Å². The summed E-state index contributed by atoms with van der Waals surface area (Å²) in [5.74, 6) is -2.38. The Kier molecular flexibility index (Phi) is 5.66. The minimum Gasteiger partial charge on any atom is -0.443 e. The minimum atomic E-state index is -3.05. The Balaban J connectivity index is 2.17. The second kappa shape index (κ2) is 7.23. The van der Waals surface area contributed by atoms with Crippen molar-refractivity contribution in [3.8, 4) is 0 Å². The number of likely N-dealkylation sites (tertiary alicyclic amines) is 1. The van der Waals surface area contributed by atoms with Crippen LogP contribution in [0.1, 0.15) is 44.7 Å². The molecule has 0 aliphatic carbocycles. The number of amides is 2. The van der Waals surface area contributed by atoms with Crippen LogP contribution in [0.25, 0.3) is 0 Å². The molecule has 1 heterocycles. The molecule has 1 unspecified atom stereocenters. The number of alkyl halides is 2. The van der Waals surface area contributed by atoms with Gasteiger partial charge in [0.25, 0.3) is 6.43 Å². The summed E-state index contributed by atoms with van der Waals surface area (Å²) in [5, 5.41) is -0.396. The lowest BCUT2D eigenvalue weighted by atomic mass is 9.94. The zero-order valence-electron chi connectivity index (χ0n) is 14.1. The van der Waals surface area contributed by atoms with Crippen LogP contribution < -0.4 is 0 Å². The van der Waals surface area contributed by atoms with E-state index in [0.29, 0.717) is 6.42 Å². The van der Waals surface area contributed by atoms with E-state index in [1.807, 2.05) is 0 Å². The van der Waals surface area contributed by atoms with E-state index in [4.69, 9.17) is 16.3 Å². The highest BCUT2D eigenvalue weighted by Gasteiger charge is 2.38. The van der Waals surface area contributed by atoms with Gasteiger partial charge in [0.05, 0.1) is 10.6 Å². The SMILES string of the molecule is CC(C)(C)OC(=O)N1CCC(Cc2ccc(Cl)c(F)c2C(F)F)C1=O. The first-order valence-electron chi connectivity index (χ1n) is 7.80. The third kappa shape index (κ3) is 4.45. The highest BCUT2D eigenvalue weighted by Crippen LogP contribution is 2.33. The topological polar surface area (TPSA) is 46.6 Å². The molecule has 1 aromatic carbocycles. The normalized spacial score (nSPS) is 18.2. The van der Waals surface area contributed by atoms with Crippen LogP contribution in [-0.4, -0.2) is 29.0 Å². The molecule has 4 nitrogen and oxygen atoms in total. The molecule has 0 saturated carbocycles. The van der Waals surface area contributed by atoms with Gasteiger partial charge in [-0.05, 0) is 45.2 Å². The molecule has 0 spiro atoms. The van der Waals surface area contributed by atoms with Crippen molar-refractivity contribution >= 4 is 23.6 Å². The van der Waals surface area contributed by atoms with Gasteiger partial charge in [0.1, 0.15) is 5.60 Å². The molecule has 1 saturated heterocycles. The summed E-state index contributed by atoms with van der Waals surface area (Å²) in [6, 6.07) is 2.47. The van der Waals surface area contributed by atoms with E-state index < -0.39 is 46.3 Å². The highest BCUT2D eigenvalue weighted by atomic mass is 35.5. The maximum atomic E-state index is 13.9. The third-order valence-electron chi connectivity index (χ3n) is 3.84. The molecule has 1 aromatic rings. The molecule has 2 amide bonds. The predicted octanol–water partition coefficient (Wildman–Crippen LogP) is 4.74. The Bertz CT molecular complexity index is 688. The average molecular weight is 378 g/mol. The van der Waals surface area contributed by atoms with Gasteiger partial charge in [0.15, 0.2) is 5.82 Å². The number of carbonyl (C=O) groups is 2. The van der Waals surface area contributed by atoms with Crippen LogP contribution in [0, 0.1) is 11.7 Å². The van der Waals surface area contributed by atoms with Crippen molar-refractivity contribution in [1.82, 2.24) is 4.90 Å². The second-order valence-corrected chi connectivity index (χ2v) is 7.30. The molecule has 0 N–H and O–H groups in total. The molecule has 1 fully saturated rings. The molecule has 25 heavy (non-hydrogen) atoms. The standard InChI is InChI=1S/C17H19ClF3NO3/c1-17(2,3)25-16(24)22-7-6-10(15(22)23)8-9-4-5-11(18)13(19)12(9)14(20)21/h4-5,10,14H,6-8H2,1-3H3. The van der Waals surface area contributed by atoms with Gasteiger partial charge in [0, 0.05) is 12.5 Å². The van der Waals surface area contributed by atoms with Gasteiger partial charge in [0.2, 0.25) is 5.91 Å². The van der Waals surface area contributed by atoms with Crippen LogP contribution in [0.15, 0.2) is 12.1 Å². The number of hydrogen-bond donors (Lipinski definition) is 0. The molecule has 8 heteroatoms. The van der Waals surface area contributed by atoms with Crippen LogP contribution in [-0.2, 0) is 16.0 Å². The van der Waals surface area contributed by atoms with E-state index in [-0.39, 0.29) is 18.5 Å². The molecular weight excluding hydrogens is 359 g/mol. The minimum absolute atomic E-state index is 0.0151. The fraction of sp³-hybridized carbons (Fsp3) is 0.529. The van der Waals surface area contributed by atoms with Crippen LogP contribution in [0.4, 0.5) is 18.0 Å². The molecule has 1 atom stereocenters. The lowest BCUT2D eigenvalue weighted by Crippen LogP contribution is -2.38. The summed E-state index contributed by atoms with van der Waals surface area (Å²) < 4.78 is 45.4. The predicted molar refractivity (Wildman–Crippen MR) is 86.1 cm³/mol. The maximum Gasteiger partial charge on any atom is 0.417 e. The van der Waals surface area contributed by atoms with Crippen molar-refractivity contribution in [1.29, 1.82) is 0 Å². The number of ether oxygens (including phenoxy) is 1. The molecule has 0 bridgehead atoms. The van der Waals surface area contributed by atoms with Gasteiger partial charge in [-0.2, -0.15) is 0 Å². The molecule has 138 valence electrons. The number of hydrogen-bond acceptors (Lipinski definition) is 3. The van der Waals surface area contributed by atoms with E-state index in [9.17, 15) is 22.8 Å². The van der Waals surface area contributed by atoms with E-state index in [1.54, 1.807) is 20.8 Å². The number of imide groups is 1. The summed E-state index contributed by atoms with van der Waals surface area (Å²) in [5.41, 5.74) is -1.53. The zero-order valence-corrected chi connectivity index (χ0v) is 14.9. The number of halogens is 4. The van der Waals surface area contributed by atoms with Gasteiger partial charge < -0.3 is 4.74 Å². The van der Waals surface area contributed by atoms with Crippen LogP contribution in [0.3, 0.4) is 0 Å². The highest BCUT2D eigenvalue weighted by molar-refractivity contribution is 6.30. The fourth-order valence-corrected chi connectivity index (χ4v) is 2.88. The zero-order chi connectivity index (χ0) is 18.9. The average Bonchev–Trinajstić information content (AvgIpc) is 2.82. The van der Waals surface area contributed by atoms with Gasteiger partial charge in [-0.15, -0.1) is 0 Å². The first kappa shape index (κ1) is 19.6. The third-order valence-corrected chi connectivity index (χ3v) is 4.13. The smallest absolute Gasteiger partial charge is 0.417 e.